The van der Waals surface area contributed by atoms with Crippen molar-refractivity contribution in [1.29, 1.82) is 5.26 Å². The van der Waals surface area contributed by atoms with E-state index in [-0.39, 0.29) is 6.10 Å². The van der Waals surface area contributed by atoms with E-state index < -0.39 is 0 Å². The standard InChI is InChI=1S/C18H19N5O/c1-11-6-13(4-5-24-11)23-17(9-20)22-16-10-21-15-3-2-12(8-19)7-14(15)18(16)23/h2-3,7,10-11,13H,4-6,9,20H2,1H3/t11-,13-/m1/s1. The van der Waals surface area contributed by atoms with Gasteiger partial charge in [0.25, 0.3) is 0 Å². The smallest absolute Gasteiger partial charge is 0.124 e. The van der Waals surface area contributed by atoms with Crippen LogP contribution in [0.3, 0.4) is 0 Å². The summed E-state index contributed by atoms with van der Waals surface area (Å²) < 4.78 is 7.94. The molecule has 1 aliphatic heterocycles. The molecule has 2 atom stereocenters. The van der Waals surface area contributed by atoms with Crippen molar-refractivity contribution in [3.05, 3.63) is 35.8 Å². The van der Waals surface area contributed by atoms with Crippen LogP contribution in [0.2, 0.25) is 0 Å². The number of nitrogens with zero attached hydrogens (tertiary/aromatic N) is 4. The molecule has 24 heavy (non-hydrogen) atoms. The molecule has 1 aliphatic rings. The summed E-state index contributed by atoms with van der Waals surface area (Å²) in [4.78, 5) is 9.17. The van der Waals surface area contributed by atoms with Crippen LogP contribution < -0.4 is 5.73 Å². The van der Waals surface area contributed by atoms with E-state index in [1.165, 1.54) is 0 Å². The van der Waals surface area contributed by atoms with E-state index in [1.54, 1.807) is 12.3 Å². The van der Waals surface area contributed by atoms with Gasteiger partial charge in [0, 0.05) is 18.0 Å². The Morgan fingerprint density at radius 1 is 1.42 bits per heavy atom. The Morgan fingerprint density at radius 3 is 3.04 bits per heavy atom. The second-order valence-corrected chi connectivity index (χ2v) is 6.30. The first-order chi connectivity index (χ1) is 11.7. The highest BCUT2D eigenvalue weighted by Gasteiger charge is 2.25. The van der Waals surface area contributed by atoms with Crippen molar-refractivity contribution in [3.63, 3.8) is 0 Å². The molecule has 0 bridgehead atoms. The van der Waals surface area contributed by atoms with Gasteiger partial charge in [0.05, 0.1) is 41.5 Å². The maximum absolute atomic E-state index is 9.24. The quantitative estimate of drug-likeness (QED) is 0.783. The fraction of sp³-hybridized carbons (Fsp3) is 0.389. The van der Waals surface area contributed by atoms with Crippen LogP contribution in [0.1, 0.15) is 37.2 Å². The van der Waals surface area contributed by atoms with Crippen molar-refractivity contribution in [2.24, 2.45) is 5.73 Å². The van der Waals surface area contributed by atoms with Crippen molar-refractivity contribution in [3.8, 4) is 6.07 Å². The number of hydrogen-bond acceptors (Lipinski definition) is 5. The minimum atomic E-state index is 0.217. The average Bonchev–Trinajstić information content (AvgIpc) is 3.00. The maximum atomic E-state index is 9.24. The Balaban J connectivity index is 2.02. The summed E-state index contributed by atoms with van der Waals surface area (Å²) in [6, 6.07) is 8.09. The molecular formula is C18H19N5O. The molecule has 0 amide bonds. The monoisotopic (exact) mass is 321 g/mol. The maximum Gasteiger partial charge on any atom is 0.124 e. The van der Waals surface area contributed by atoms with Crippen LogP contribution in [0.4, 0.5) is 0 Å². The third-order valence-electron chi connectivity index (χ3n) is 4.72. The van der Waals surface area contributed by atoms with Crippen molar-refractivity contribution in [2.45, 2.75) is 38.5 Å². The normalized spacial score (nSPS) is 21.2. The second kappa shape index (κ2) is 5.86. The van der Waals surface area contributed by atoms with Crippen LogP contribution in [0.25, 0.3) is 21.9 Å². The lowest BCUT2D eigenvalue weighted by molar-refractivity contribution is 0.00626. The highest BCUT2D eigenvalue weighted by molar-refractivity contribution is 6.02. The molecule has 0 spiro atoms. The van der Waals surface area contributed by atoms with Gasteiger partial charge in [-0.05, 0) is 38.0 Å². The molecule has 122 valence electrons. The fourth-order valence-electron chi connectivity index (χ4n) is 3.64. The van der Waals surface area contributed by atoms with E-state index in [1.807, 2.05) is 12.1 Å². The number of nitriles is 1. The van der Waals surface area contributed by atoms with Crippen LogP contribution in [0.5, 0.6) is 0 Å². The van der Waals surface area contributed by atoms with E-state index in [2.05, 4.69) is 27.5 Å². The van der Waals surface area contributed by atoms with Gasteiger partial charge in [-0.2, -0.15) is 5.26 Å². The summed E-state index contributed by atoms with van der Waals surface area (Å²) in [5.74, 6) is 0.862. The topological polar surface area (TPSA) is 89.8 Å². The number of aromatic nitrogens is 3. The minimum Gasteiger partial charge on any atom is -0.378 e. The van der Waals surface area contributed by atoms with Crippen molar-refractivity contribution in [2.75, 3.05) is 6.61 Å². The van der Waals surface area contributed by atoms with E-state index in [9.17, 15) is 5.26 Å². The number of pyridine rings is 1. The van der Waals surface area contributed by atoms with E-state index in [0.29, 0.717) is 18.2 Å². The number of imidazole rings is 1. The zero-order valence-corrected chi connectivity index (χ0v) is 13.6. The third kappa shape index (κ3) is 2.33. The molecule has 0 aliphatic carbocycles. The second-order valence-electron chi connectivity index (χ2n) is 6.30. The lowest BCUT2D eigenvalue weighted by Crippen LogP contribution is -2.27. The zero-order chi connectivity index (χ0) is 16.7. The molecule has 4 rings (SSSR count). The lowest BCUT2D eigenvalue weighted by Gasteiger charge is -2.30. The number of benzene rings is 1. The Morgan fingerprint density at radius 2 is 2.29 bits per heavy atom. The first-order valence-corrected chi connectivity index (χ1v) is 8.22. The van der Waals surface area contributed by atoms with Crippen molar-refractivity contribution < 1.29 is 4.74 Å². The van der Waals surface area contributed by atoms with Gasteiger partial charge in [-0.25, -0.2) is 4.98 Å². The van der Waals surface area contributed by atoms with Crippen LogP contribution in [0, 0.1) is 11.3 Å². The Kier molecular flexibility index (Phi) is 3.68. The molecule has 0 radical (unpaired) electrons. The van der Waals surface area contributed by atoms with Crippen molar-refractivity contribution >= 4 is 21.9 Å². The number of ether oxygens (including phenoxy) is 1. The van der Waals surface area contributed by atoms with Crippen LogP contribution in [-0.2, 0) is 11.3 Å². The molecule has 0 saturated carbocycles. The summed E-state index contributed by atoms with van der Waals surface area (Å²) in [6.07, 6.45) is 3.88. The molecule has 6 nitrogen and oxygen atoms in total. The van der Waals surface area contributed by atoms with E-state index >= 15 is 0 Å². The highest BCUT2D eigenvalue weighted by atomic mass is 16.5. The summed E-state index contributed by atoms with van der Waals surface area (Å²) in [5, 5.41) is 10.2. The van der Waals surface area contributed by atoms with E-state index in [0.717, 1.165) is 47.2 Å². The first-order valence-electron chi connectivity index (χ1n) is 8.22. The van der Waals surface area contributed by atoms with Gasteiger partial charge in [-0.3, -0.25) is 4.98 Å². The van der Waals surface area contributed by atoms with Gasteiger partial charge in [0.1, 0.15) is 11.3 Å². The average molecular weight is 321 g/mol. The summed E-state index contributed by atoms with van der Waals surface area (Å²) in [7, 11) is 0. The van der Waals surface area contributed by atoms with Crippen molar-refractivity contribution in [1.82, 2.24) is 14.5 Å². The number of rotatable bonds is 2. The summed E-state index contributed by atoms with van der Waals surface area (Å²) in [6.45, 7) is 3.21. The lowest BCUT2D eigenvalue weighted by atomic mass is 10.0. The molecule has 1 aromatic carbocycles. The van der Waals surface area contributed by atoms with Gasteiger partial charge in [-0.15, -0.1) is 0 Å². The largest absolute Gasteiger partial charge is 0.378 e. The molecule has 3 aromatic rings. The summed E-state index contributed by atoms with van der Waals surface area (Å²) in [5.41, 5.74) is 9.32. The predicted molar refractivity (Wildman–Crippen MR) is 91.3 cm³/mol. The molecule has 2 aromatic heterocycles. The van der Waals surface area contributed by atoms with Crippen LogP contribution in [-0.4, -0.2) is 27.2 Å². The molecule has 0 unspecified atom stereocenters. The Hall–Kier alpha value is -2.49. The number of hydrogen-bond donors (Lipinski definition) is 1. The first kappa shape index (κ1) is 15.1. The SMILES string of the molecule is C[C@@H]1C[C@H](n2c(CN)nc3cnc4ccc(C#N)cc4c32)CCO1. The third-order valence-corrected chi connectivity index (χ3v) is 4.72. The number of nitrogens with two attached hydrogens (primary N) is 1. The van der Waals surface area contributed by atoms with Gasteiger partial charge in [0.15, 0.2) is 0 Å². The molecular weight excluding hydrogens is 302 g/mol. The van der Waals surface area contributed by atoms with Crippen LogP contribution in [0.15, 0.2) is 24.4 Å². The molecule has 1 saturated heterocycles. The zero-order valence-electron chi connectivity index (χ0n) is 13.6. The number of fused-ring (bicyclic) bond motifs is 3. The molecule has 6 heteroatoms. The van der Waals surface area contributed by atoms with E-state index in [4.69, 9.17) is 10.5 Å². The molecule has 3 heterocycles. The highest BCUT2D eigenvalue weighted by Crippen LogP contribution is 2.33. The molecule has 1 fully saturated rings. The molecule has 2 N–H and O–H groups in total. The summed E-state index contributed by atoms with van der Waals surface area (Å²) >= 11 is 0. The van der Waals surface area contributed by atoms with Gasteiger partial charge in [-0.1, -0.05) is 0 Å². The van der Waals surface area contributed by atoms with Gasteiger partial charge < -0.3 is 15.0 Å². The van der Waals surface area contributed by atoms with Crippen LogP contribution >= 0.6 is 0 Å². The Labute approximate surface area is 139 Å². The predicted octanol–water partition coefficient (Wildman–Crippen LogP) is 2.65. The van der Waals surface area contributed by atoms with Gasteiger partial charge >= 0.3 is 0 Å². The van der Waals surface area contributed by atoms with Gasteiger partial charge in [0.2, 0.25) is 0 Å². The Bertz CT molecular complexity index is 955. The minimum absolute atomic E-state index is 0.217. The fourth-order valence-corrected chi connectivity index (χ4v) is 3.64.